The predicted octanol–water partition coefficient (Wildman–Crippen LogP) is 10.7. The number of hydrogen-bond donors (Lipinski definition) is 2. The Morgan fingerprint density at radius 3 is 1.92 bits per heavy atom. The minimum absolute atomic E-state index is 0.00694. The Balaban J connectivity index is 1.11. The third kappa shape index (κ3) is 11.0. The van der Waals surface area contributed by atoms with Crippen LogP contribution in [0, 0.1) is 34.3 Å². The van der Waals surface area contributed by atoms with Gasteiger partial charge in [0.25, 0.3) is 0 Å². The van der Waals surface area contributed by atoms with E-state index in [1.165, 1.54) is 40.2 Å². The zero-order chi connectivity index (χ0) is 54.4. The van der Waals surface area contributed by atoms with E-state index in [0.29, 0.717) is 25.8 Å². The Morgan fingerprint density at radius 1 is 0.803 bits per heavy atom. The first kappa shape index (κ1) is 53.8. The summed E-state index contributed by atoms with van der Waals surface area (Å²) in [6, 6.07) is 13.8. The highest BCUT2D eigenvalue weighted by molar-refractivity contribution is 7.13. The fourth-order valence-corrected chi connectivity index (χ4v) is 12.4. The van der Waals surface area contributed by atoms with Crippen molar-refractivity contribution in [1.82, 2.24) is 40.0 Å². The summed E-state index contributed by atoms with van der Waals surface area (Å²) in [4.78, 5) is 32.2. The Kier molecular flexibility index (Phi) is 15.3. The first-order valence-corrected chi connectivity index (χ1v) is 26.1. The van der Waals surface area contributed by atoms with Gasteiger partial charge in [0.1, 0.15) is 33.5 Å². The van der Waals surface area contributed by atoms with Crippen LogP contribution in [0.3, 0.4) is 0 Å². The monoisotopic (exact) mass is 1090 g/mol. The Bertz CT molecular complexity index is 3350. The number of nitrogens with one attached hydrogen (secondary N) is 2. The number of benzene rings is 2. The molecule has 6 aromatic rings. The molecule has 2 aromatic carbocycles. The quantitative estimate of drug-likeness (QED) is 0.0858. The van der Waals surface area contributed by atoms with Gasteiger partial charge in [-0.2, -0.15) is 47.1 Å². The Labute approximate surface area is 440 Å². The molecule has 76 heavy (non-hydrogen) atoms. The number of aromatic nitrogens is 4. The fourth-order valence-electron chi connectivity index (χ4n) is 10.3. The highest BCUT2D eigenvalue weighted by atomic mass is 32.1. The number of nitrogens with zero attached hydrogens (tertiary/aromatic N) is 8. The van der Waals surface area contributed by atoms with Gasteiger partial charge >= 0.3 is 12.4 Å². The van der Waals surface area contributed by atoms with E-state index in [0.717, 1.165) is 69.4 Å². The van der Waals surface area contributed by atoms with Crippen molar-refractivity contribution >= 4 is 34.5 Å². The summed E-state index contributed by atoms with van der Waals surface area (Å²) in [6.07, 6.45) is -0.278. The summed E-state index contributed by atoms with van der Waals surface area (Å²) in [5.41, 5.74) is -3.48. The van der Waals surface area contributed by atoms with E-state index in [1.807, 2.05) is 13.8 Å². The molecule has 396 valence electrons. The second kappa shape index (κ2) is 21.6. The maximum absolute atomic E-state index is 17.1. The Hall–Kier alpha value is -6.98. The van der Waals surface area contributed by atoms with E-state index < -0.39 is 75.4 Å². The van der Waals surface area contributed by atoms with Crippen molar-refractivity contribution in [1.29, 1.82) is 10.5 Å². The van der Waals surface area contributed by atoms with E-state index in [1.54, 1.807) is 38.3 Å². The summed E-state index contributed by atoms with van der Waals surface area (Å²) < 4.78 is 126. The molecule has 3 aliphatic rings. The van der Waals surface area contributed by atoms with Crippen molar-refractivity contribution < 1.29 is 44.7 Å². The van der Waals surface area contributed by atoms with Gasteiger partial charge in [-0.3, -0.25) is 19.0 Å². The number of likely N-dealkylation sites (N-methyl/N-ethyl adjacent to an activating group) is 1. The molecule has 0 unspecified atom stereocenters. The summed E-state index contributed by atoms with van der Waals surface area (Å²) in [7, 11) is 1.70. The molecule has 1 fully saturated rings. The maximum atomic E-state index is 17.1. The molecule has 2 amide bonds. The molecule has 9 rings (SSSR count). The molecule has 22 heteroatoms. The number of rotatable bonds is 13. The molecule has 0 spiro atoms. The van der Waals surface area contributed by atoms with Crippen molar-refractivity contribution in [2.24, 2.45) is 0 Å². The summed E-state index contributed by atoms with van der Waals surface area (Å²) in [5.74, 6) is -4.77. The highest BCUT2D eigenvalue weighted by Crippen LogP contribution is 2.48. The zero-order valence-corrected chi connectivity index (χ0v) is 43.1. The number of aryl methyl sites for hydroxylation is 3. The lowest BCUT2D eigenvalue weighted by atomic mass is 9.82. The number of carbonyl (C=O) groups excluding carboxylic acids is 2. The molecule has 0 bridgehead atoms. The van der Waals surface area contributed by atoms with Crippen LogP contribution in [0.2, 0.25) is 0 Å². The first-order valence-electron chi connectivity index (χ1n) is 24.5. The number of halogens is 8. The van der Waals surface area contributed by atoms with Gasteiger partial charge in [0.15, 0.2) is 11.4 Å². The molecular formula is C54H50F8N10O2S2. The highest BCUT2D eigenvalue weighted by Gasteiger charge is 2.43. The second-order valence-corrected chi connectivity index (χ2v) is 21.5. The van der Waals surface area contributed by atoms with Crippen molar-refractivity contribution in [3.63, 3.8) is 0 Å². The maximum Gasteiger partial charge on any atom is 0.435 e. The molecule has 2 N–H and O–H groups in total. The predicted molar refractivity (Wildman–Crippen MR) is 270 cm³/mol. The van der Waals surface area contributed by atoms with E-state index >= 15 is 22.0 Å². The number of hydrogen-bond acceptors (Lipinski definition) is 10. The van der Waals surface area contributed by atoms with Crippen LogP contribution in [0.25, 0.3) is 22.3 Å². The number of nitriles is 2. The number of fused-ring (bicyclic) bond motifs is 2. The molecule has 12 nitrogen and oxygen atoms in total. The van der Waals surface area contributed by atoms with Gasteiger partial charge in [-0.1, -0.05) is 30.4 Å². The van der Waals surface area contributed by atoms with Gasteiger partial charge in [-0.05, 0) is 99.2 Å². The topological polar surface area (TPSA) is 148 Å². The lowest BCUT2D eigenvalue weighted by Crippen LogP contribution is -2.37. The first-order chi connectivity index (χ1) is 36.2. The third-order valence-corrected chi connectivity index (χ3v) is 16.2. The average Bonchev–Trinajstić information content (AvgIpc) is 4.27. The third-order valence-electron chi connectivity index (χ3n) is 14.1. The molecule has 0 radical (unpaired) electrons. The van der Waals surface area contributed by atoms with Crippen molar-refractivity contribution in [3.05, 3.63) is 150 Å². The zero-order valence-electron chi connectivity index (χ0n) is 41.5. The smallest absolute Gasteiger partial charge is 0.333 e. The van der Waals surface area contributed by atoms with Crippen LogP contribution in [0.4, 0.5) is 35.1 Å². The van der Waals surface area contributed by atoms with E-state index in [2.05, 4.69) is 33.0 Å². The van der Waals surface area contributed by atoms with E-state index in [-0.39, 0.29) is 91.3 Å². The minimum atomic E-state index is -5.13. The normalized spacial score (nSPS) is 19.3. The van der Waals surface area contributed by atoms with E-state index in [9.17, 15) is 33.3 Å². The molecule has 3 aliphatic heterocycles. The SMILES string of the molecule is CCn1cc(-c2c(F)cc(CCn3cc(-c4c(F)cccc4[C@@H]4CN(C(=O)/C=C/[C@@H]5CC[C@@H](C)N5)Cc5sc(C#N)cc54)c(C(F)(F)F)n3)cc2[C@@H]2CN(C(=O)/C=C/[C@H](C)NC)Cc3sc(C#N)cc32)c(C(F)(F)F)n1. The van der Waals surface area contributed by atoms with E-state index in [4.69, 9.17) is 0 Å². The molecule has 1 saturated heterocycles. The number of alkyl halides is 6. The largest absolute Gasteiger partial charge is 0.435 e. The lowest BCUT2D eigenvalue weighted by molar-refractivity contribution is -0.141. The summed E-state index contributed by atoms with van der Waals surface area (Å²) in [6.45, 7) is 5.07. The molecule has 7 heterocycles. The minimum Gasteiger partial charge on any atom is -0.333 e. The number of carbonyl (C=O) groups is 2. The molecule has 0 aliphatic carbocycles. The van der Waals surface area contributed by atoms with Gasteiger partial charge in [-0.25, -0.2) is 8.78 Å². The van der Waals surface area contributed by atoms with Crippen LogP contribution < -0.4 is 10.6 Å². The van der Waals surface area contributed by atoms with Crippen molar-refractivity contribution in [3.8, 4) is 34.4 Å². The van der Waals surface area contributed by atoms with Crippen LogP contribution in [-0.2, 0) is 54.5 Å². The molecule has 5 atom stereocenters. The van der Waals surface area contributed by atoms with Gasteiger partial charge in [0.2, 0.25) is 11.8 Å². The lowest BCUT2D eigenvalue weighted by Gasteiger charge is -2.34. The summed E-state index contributed by atoms with van der Waals surface area (Å²) in [5, 5.41) is 33.9. The average molecular weight is 1090 g/mol. The Morgan fingerprint density at radius 2 is 1.37 bits per heavy atom. The molecule has 4 aromatic heterocycles. The van der Waals surface area contributed by atoms with Crippen LogP contribution in [0.15, 0.2) is 79.2 Å². The van der Waals surface area contributed by atoms with Crippen molar-refractivity contribution in [2.45, 2.75) is 109 Å². The number of amides is 2. The summed E-state index contributed by atoms with van der Waals surface area (Å²) >= 11 is 2.23. The van der Waals surface area contributed by atoms with Gasteiger partial charge in [0.05, 0.1) is 13.1 Å². The van der Waals surface area contributed by atoms with Crippen LogP contribution in [0.5, 0.6) is 0 Å². The van der Waals surface area contributed by atoms with Gasteiger partial charge < -0.3 is 20.4 Å². The van der Waals surface area contributed by atoms with Gasteiger partial charge in [-0.15, -0.1) is 22.7 Å². The second-order valence-electron chi connectivity index (χ2n) is 19.2. The van der Waals surface area contributed by atoms with Crippen LogP contribution >= 0.6 is 22.7 Å². The molecular weight excluding hydrogens is 1040 g/mol. The molecule has 0 saturated carbocycles. The number of thiophene rings is 2. The fraction of sp³-hybridized carbons (Fsp3) is 0.370. The standard InChI is InChI=1S/C54H50F8N10O2S2/c1-5-71-25-41(51(67-71)53(57,58)59)50-38(40-24-70(47(73)13-10-29(2)65-4)28-46-37(40)20-34(22-64)76-46)17-31(18-44(50)56)15-16-72-26-42(52(68-72)54(60,61)62)49-35(7-6-8-43(49)55)39-23-69(27-45-36(39)19-33(21-63)75-45)48(74)14-12-32-11-9-30(3)66-32/h6-8,10,12-14,17-20,25-26,29-30,32,39-40,65-66H,5,9,11,15-16,23-24,27-28H2,1-4H3/b13-10+,14-12+/t29-,30+,32-,39-,40+/m0/s1. The van der Waals surface area contributed by atoms with Crippen molar-refractivity contribution in [2.75, 3.05) is 20.1 Å². The van der Waals surface area contributed by atoms with Crippen LogP contribution in [0.1, 0.15) is 104 Å². The van der Waals surface area contributed by atoms with Gasteiger partial charge in [0, 0.05) is 113 Å². The van der Waals surface area contributed by atoms with Crippen LogP contribution in [-0.4, -0.2) is 79.4 Å².